The van der Waals surface area contributed by atoms with Gasteiger partial charge in [0.25, 0.3) is 0 Å². The fourth-order valence-electron chi connectivity index (χ4n) is 1.83. The molecule has 112 valence electrons. The van der Waals surface area contributed by atoms with Gasteiger partial charge >= 0.3 is 0 Å². The Hall–Kier alpha value is -1.53. The van der Waals surface area contributed by atoms with Crippen molar-refractivity contribution < 1.29 is 23.0 Å². The Balaban J connectivity index is 2.29. The van der Waals surface area contributed by atoms with Crippen LogP contribution in [0.15, 0.2) is 34.8 Å². The summed E-state index contributed by atoms with van der Waals surface area (Å²) in [6, 6.07) is 5.96. The lowest BCUT2D eigenvalue weighted by molar-refractivity contribution is 0.189. The number of hydrogen-bond donors (Lipinski definition) is 1. The van der Waals surface area contributed by atoms with Crippen molar-refractivity contribution in [2.75, 3.05) is 0 Å². The number of aliphatic hydroxyl groups excluding tert-OH is 1. The van der Waals surface area contributed by atoms with Gasteiger partial charge in [-0.05, 0) is 47.1 Å². The summed E-state index contributed by atoms with van der Waals surface area (Å²) >= 11 is 2.96. The van der Waals surface area contributed by atoms with Gasteiger partial charge < -0.3 is 9.84 Å². The Morgan fingerprint density at radius 3 is 2.57 bits per heavy atom. The molecule has 0 fully saturated rings. The Morgan fingerprint density at radius 1 is 1.19 bits per heavy atom. The zero-order valence-electron chi connectivity index (χ0n) is 11.0. The van der Waals surface area contributed by atoms with Crippen LogP contribution in [0.3, 0.4) is 0 Å². The quantitative estimate of drug-likeness (QED) is 0.813. The van der Waals surface area contributed by atoms with Crippen LogP contribution in [-0.4, -0.2) is 5.11 Å². The van der Waals surface area contributed by atoms with E-state index in [2.05, 4.69) is 15.9 Å². The summed E-state index contributed by atoms with van der Waals surface area (Å²) in [6.07, 6.45) is -0.891. The maximum atomic E-state index is 13.8. The molecule has 0 spiro atoms. The highest BCUT2D eigenvalue weighted by Gasteiger charge is 2.15. The van der Waals surface area contributed by atoms with E-state index in [0.717, 1.165) is 12.1 Å². The van der Waals surface area contributed by atoms with Gasteiger partial charge in [0, 0.05) is 11.6 Å². The second-order valence-corrected chi connectivity index (χ2v) is 5.32. The second-order valence-electron chi connectivity index (χ2n) is 4.47. The van der Waals surface area contributed by atoms with Crippen molar-refractivity contribution >= 4 is 15.9 Å². The smallest absolute Gasteiger partial charge is 0.146 e. The minimum atomic E-state index is -0.891. The van der Waals surface area contributed by atoms with Gasteiger partial charge in [-0.1, -0.05) is 0 Å². The summed E-state index contributed by atoms with van der Waals surface area (Å²) in [5.74, 6) is -2.05. The van der Waals surface area contributed by atoms with Crippen LogP contribution < -0.4 is 4.74 Å². The van der Waals surface area contributed by atoms with Crippen molar-refractivity contribution in [1.29, 1.82) is 0 Å². The van der Waals surface area contributed by atoms with Gasteiger partial charge in [0.2, 0.25) is 0 Å². The van der Waals surface area contributed by atoms with Crippen molar-refractivity contribution in [3.8, 4) is 5.75 Å². The monoisotopic (exact) mass is 360 g/mol. The first kappa shape index (κ1) is 15.9. The zero-order chi connectivity index (χ0) is 15.6. The highest BCUT2D eigenvalue weighted by molar-refractivity contribution is 9.10. The van der Waals surface area contributed by atoms with Crippen LogP contribution in [0.1, 0.15) is 24.2 Å². The lowest BCUT2D eigenvalue weighted by Crippen LogP contribution is -2.05. The summed E-state index contributed by atoms with van der Waals surface area (Å²) in [4.78, 5) is 0. The third-order valence-electron chi connectivity index (χ3n) is 2.94. The summed E-state index contributed by atoms with van der Waals surface area (Å²) in [5.41, 5.74) is 0.0670. The first-order valence-corrected chi connectivity index (χ1v) is 6.92. The van der Waals surface area contributed by atoms with Gasteiger partial charge in [-0.3, -0.25) is 0 Å². The predicted molar refractivity (Wildman–Crippen MR) is 75.4 cm³/mol. The maximum Gasteiger partial charge on any atom is 0.146 e. The van der Waals surface area contributed by atoms with Crippen molar-refractivity contribution in [2.24, 2.45) is 0 Å². The fraction of sp³-hybridized carbons (Fsp3) is 0.200. The molecule has 0 saturated heterocycles. The molecule has 0 unspecified atom stereocenters. The highest BCUT2D eigenvalue weighted by Crippen LogP contribution is 2.28. The van der Waals surface area contributed by atoms with Crippen molar-refractivity contribution in [3.63, 3.8) is 0 Å². The van der Waals surface area contributed by atoms with Gasteiger partial charge in [-0.15, -0.1) is 0 Å². The van der Waals surface area contributed by atoms with E-state index in [1.54, 1.807) is 0 Å². The first-order chi connectivity index (χ1) is 9.90. The number of hydrogen-bond acceptors (Lipinski definition) is 2. The number of rotatable bonds is 4. The topological polar surface area (TPSA) is 29.5 Å². The van der Waals surface area contributed by atoms with E-state index in [1.807, 2.05) is 0 Å². The first-order valence-electron chi connectivity index (χ1n) is 6.13. The van der Waals surface area contributed by atoms with Gasteiger partial charge in [-0.25, -0.2) is 13.2 Å². The molecular weight excluding hydrogens is 349 g/mol. The Kier molecular flexibility index (Phi) is 4.90. The molecule has 0 heterocycles. The second kappa shape index (κ2) is 6.49. The molecule has 2 aromatic carbocycles. The van der Waals surface area contributed by atoms with E-state index in [0.29, 0.717) is 5.56 Å². The molecule has 0 saturated carbocycles. The van der Waals surface area contributed by atoms with Gasteiger partial charge in [-0.2, -0.15) is 0 Å². The van der Waals surface area contributed by atoms with Gasteiger partial charge in [0.05, 0.1) is 16.1 Å². The van der Waals surface area contributed by atoms with E-state index in [9.17, 15) is 18.3 Å². The van der Waals surface area contributed by atoms with Crippen molar-refractivity contribution in [2.45, 2.75) is 19.6 Å². The van der Waals surface area contributed by atoms with E-state index in [-0.39, 0.29) is 15.8 Å². The lowest BCUT2D eigenvalue weighted by Gasteiger charge is -2.14. The third-order valence-corrected chi connectivity index (χ3v) is 3.55. The molecular formula is C15H12BrF3O2. The molecule has 21 heavy (non-hydrogen) atoms. The van der Waals surface area contributed by atoms with Crippen LogP contribution in [0.2, 0.25) is 0 Å². The minimum Gasteiger partial charge on any atom is -0.488 e. The summed E-state index contributed by atoms with van der Waals surface area (Å²) in [7, 11) is 0. The zero-order valence-corrected chi connectivity index (χ0v) is 12.6. The molecule has 0 radical (unpaired) electrons. The van der Waals surface area contributed by atoms with E-state index < -0.39 is 30.2 Å². The van der Waals surface area contributed by atoms with E-state index >= 15 is 0 Å². The number of ether oxygens (including phenoxy) is 1. The fourth-order valence-corrected chi connectivity index (χ4v) is 2.20. The van der Waals surface area contributed by atoms with Crippen LogP contribution in [0.4, 0.5) is 13.2 Å². The summed E-state index contributed by atoms with van der Waals surface area (Å²) in [5, 5.41) is 9.59. The van der Waals surface area contributed by atoms with E-state index in [1.165, 1.54) is 25.1 Å². The molecule has 6 heteroatoms. The van der Waals surface area contributed by atoms with Crippen LogP contribution in [0.5, 0.6) is 5.75 Å². The average Bonchev–Trinajstić information content (AvgIpc) is 2.43. The van der Waals surface area contributed by atoms with Crippen LogP contribution in [-0.2, 0) is 6.61 Å². The molecule has 0 aromatic heterocycles. The number of halogens is 4. The third kappa shape index (κ3) is 3.57. The van der Waals surface area contributed by atoms with Gasteiger partial charge in [0.1, 0.15) is 29.8 Å². The van der Waals surface area contributed by atoms with Crippen LogP contribution in [0.25, 0.3) is 0 Å². The molecule has 2 nitrogen and oxygen atoms in total. The number of aliphatic hydroxyl groups is 1. The Bertz CT molecular complexity index is 660. The SMILES string of the molecule is C[C@H](O)c1ccc(F)cc1OCc1c(F)ccc(Br)c1F. The molecule has 1 N–H and O–H groups in total. The maximum absolute atomic E-state index is 13.8. The van der Waals surface area contributed by atoms with E-state index in [4.69, 9.17) is 4.74 Å². The number of benzene rings is 2. The molecule has 2 rings (SSSR count). The minimum absolute atomic E-state index is 0.0452. The largest absolute Gasteiger partial charge is 0.488 e. The van der Waals surface area contributed by atoms with Crippen molar-refractivity contribution in [3.05, 3.63) is 63.4 Å². The normalized spacial score (nSPS) is 12.3. The summed E-state index contributed by atoms with van der Waals surface area (Å²) in [6.45, 7) is 1.07. The molecule has 1 atom stereocenters. The van der Waals surface area contributed by atoms with Gasteiger partial charge in [0.15, 0.2) is 0 Å². The molecule has 0 aliphatic carbocycles. The molecule has 0 aliphatic rings. The van der Waals surface area contributed by atoms with Crippen LogP contribution in [0, 0.1) is 17.5 Å². The molecule has 0 aliphatic heterocycles. The lowest BCUT2D eigenvalue weighted by atomic mass is 10.1. The molecule has 2 aromatic rings. The Morgan fingerprint density at radius 2 is 1.90 bits per heavy atom. The average molecular weight is 361 g/mol. The van der Waals surface area contributed by atoms with Crippen molar-refractivity contribution in [1.82, 2.24) is 0 Å². The highest BCUT2D eigenvalue weighted by atomic mass is 79.9. The molecule has 0 bridgehead atoms. The summed E-state index contributed by atoms with van der Waals surface area (Å²) < 4.78 is 46.1. The standard InChI is InChI=1S/C15H12BrF3O2/c1-8(20)10-3-2-9(17)6-14(10)21-7-11-13(18)5-4-12(16)15(11)19/h2-6,8,20H,7H2,1H3/t8-/m0/s1. The Labute approximate surface area is 128 Å². The predicted octanol–water partition coefficient (Wildman–Crippen LogP) is 4.50. The van der Waals surface area contributed by atoms with Crippen LogP contribution >= 0.6 is 15.9 Å². The molecule has 0 amide bonds.